The highest BCUT2D eigenvalue weighted by molar-refractivity contribution is 14.1. The largest absolute Gasteiger partial charge is 0.266 e. The van der Waals surface area contributed by atoms with Crippen molar-refractivity contribution in [2.45, 2.75) is 18.8 Å². The molecule has 0 spiro atoms. The Morgan fingerprint density at radius 2 is 1.93 bits per heavy atom. The van der Waals surface area contributed by atoms with E-state index in [4.69, 9.17) is 0 Å². The molecule has 0 aromatic heterocycles. The number of benzene rings is 1. The molecule has 0 fully saturated rings. The molecule has 1 aromatic carbocycles. The Balaban J connectivity index is 2.54. The summed E-state index contributed by atoms with van der Waals surface area (Å²) >= 11 is 2.30. The fourth-order valence-electron chi connectivity index (χ4n) is 1.45. The van der Waals surface area contributed by atoms with E-state index in [1.807, 2.05) is 18.2 Å². The predicted octanol–water partition coefficient (Wildman–Crippen LogP) is 4.77. The lowest BCUT2D eigenvalue weighted by Crippen LogP contribution is -1.99. The van der Waals surface area contributed by atoms with Crippen molar-refractivity contribution in [3.05, 3.63) is 48.1 Å². The second kappa shape index (κ2) is 6.93. The topological polar surface area (TPSA) is 0 Å². The van der Waals surface area contributed by atoms with Crippen LogP contribution in [0.5, 0.6) is 0 Å². The Morgan fingerprint density at radius 1 is 1.27 bits per heavy atom. The number of hydrogen-bond acceptors (Lipinski definition) is 0. The van der Waals surface area contributed by atoms with Gasteiger partial charge < -0.3 is 0 Å². The van der Waals surface area contributed by atoms with Crippen LogP contribution in [0.4, 0.5) is 8.78 Å². The highest BCUT2D eigenvalue weighted by Crippen LogP contribution is 2.24. The number of rotatable bonds is 5. The quantitative estimate of drug-likeness (QED) is 0.541. The molecule has 0 N–H and O–H groups in total. The third kappa shape index (κ3) is 4.73. The maximum atomic E-state index is 11.9. The number of allylic oxidation sites excluding steroid dienone is 1. The lowest BCUT2D eigenvalue weighted by Gasteiger charge is -2.12. The van der Waals surface area contributed by atoms with Crippen molar-refractivity contribution in [1.82, 2.24) is 0 Å². The second-order valence-electron chi connectivity index (χ2n) is 3.33. The van der Waals surface area contributed by atoms with E-state index in [9.17, 15) is 8.78 Å². The molecule has 1 unspecified atom stereocenters. The van der Waals surface area contributed by atoms with Gasteiger partial charge in [0.25, 0.3) is 6.08 Å². The summed E-state index contributed by atoms with van der Waals surface area (Å²) in [6.45, 7) is 0. The van der Waals surface area contributed by atoms with E-state index in [1.165, 1.54) is 5.56 Å². The third-order valence-corrected chi connectivity index (χ3v) is 3.33. The van der Waals surface area contributed by atoms with Gasteiger partial charge in [-0.3, -0.25) is 0 Å². The standard InChI is InChI=1S/C12H13F2I/c13-12(14)8-4-7-11(9-15)10-5-2-1-3-6-10/h1-3,5-6,8,11H,4,7,9H2. The lowest BCUT2D eigenvalue weighted by atomic mass is 9.96. The van der Waals surface area contributed by atoms with Crippen molar-refractivity contribution in [3.63, 3.8) is 0 Å². The molecule has 0 bridgehead atoms. The fourth-order valence-corrected chi connectivity index (χ4v) is 2.40. The van der Waals surface area contributed by atoms with Crippen molar-refractivity contribution >= 4 is 22.6 Å². The van der Waals surface area contributed by atoms with E-state index in [0.29, 0.717) is 12.3 Å². The average Bonchev–Trinajstić information content (AvgIpc) is 2.25. The first-order valence-electron chi connectivity index (χ1n) is 4.86. The van der Waals surface area contributed by atoms with Crippen LogP contribution in [0.2, 0.25) is 0 Å². The average molecular weight is 322 g/mol. The van der Waals surface area contributed by atoms with Gasteiger partial charge in [0.2, 0.25) is 0 Å². The van der Waals surface area contributed by atoms with Crippen LogP contribution in [0.1, 0.15) is 24.3 Å². The van der Waals surface area contributed by atoms with Crippen molar-refractivity contribution in [2.75, 3.05) is 4.43 Å². The van der Waals surface area contributed by atoms with Gasteiger partial charge in [-0.05, 0) is 30.4 Å². The van der Waals surface area contributed by atoms with E-state index < -0.39 is 6.08 Å². The SMILES string of the molecule is FC(F)=CCCC(CI)c1ccccc1. The maximum Gasteiger partial charge on any atom is 0.266 e. The first kappa shape index (κ1) is 12.6. The van der Waals surface area contributed by atoms with Gasteiger partial charge in [-0.15, -0.1) is 0 Å². The minimum absolute atomic E-state index is 0.377. The van der Waals surface area contributed by atoms with Gasteiger partial charge in [-0.2, -0.15) is 8.78 Å². The van der Waals surface area contributed by atoms with Crippen molar-refractivity contribution in [1.29, 1.82) is 0 Å². The van der Waals surface area contributed by atoms with Crippen LogP contribution in [0, 0.1) is 0 Å². The Labute approximate surface area is 103 Å². The molecule has 0 aliphatic carbocycles. The molecule has 0 aliphatic heterocycles. The summed E-state index contributed by atoms with van der Waals surface area (Å²) in [6.07, 6.45) is 0.660. The Morgan fingerprint density at radius 3 is 2.47 bits per heavy atom. The van der Waals surface area contributed by atoms with Gasteiger partial charge in [-0.1, -0.05) is 52.9 Å². The molecule has 0 nitrogen and oxygen atoms in total. The van der Waals surface area contributed by atoms with Crippen LogP contribution < -0.4 is 0 Å². The highest BCUT2D eigenvalue weighted by Gasteiger charge is 2.08. The first-order chi connectivity index (χ1) is 7.24. The van der Waals surface area contributed by atoms with Gasteiger partial charge in [0.1, 0.15) is 0 Å². The molecule has 0 amide bonds. The second-order valence-corrected chi connectivity index (χ2v) is 4.21. The zero-order valence-electron chi connectivity index (χ0n) is 8.30. The first-order valence-corrected chi connectivity index (χ1v) is 6.38. The van der Waals surface area contributed by atoms with Crippen molar-refractivity contribution in [2.24, 2.45) is 0 Å². The summed E-state index contributed by atoms with van der Waals surface area (Å²) in [5.74, 6) is 0.377. The maximum absolute atomic E-state index is 11.9. The van der Waals surface area contributed by atoms with E-state index in [2.05, 4.69) is 34.7 Å². The minimum atomic E-state index is -1.57. The summed E-state index contributed by atoms with van der Waals surface area (Å²) in [7, 11) is 0. The van der Waals surface area contributed by atoms with Gasteiger partial charge in [0, 0.05) is 4.43 Å². The van der Waals surface area contributed by atoms with E-state index in [1.54, 1.807) is 0 Å². The van der Waals surface area contributed by atoms with E-state index >= 15 is 0 Å². The summed E-state index contributed by atoms with van der Waals surface area (Å²) < 4.78 is 24.7. The zero-order valence-corrected chi connectivity index (χ0v) is 10.5. The molecule has 15 heavy (non-hydrogen) atoms. The van der Waals surface area contributed by atoms with Crippen LogP contribution in [0.15, 0.2) is 42.5 Å². The van der Waals surface area contributed by atoms with Crippen molar-refractivity contribution < 1.29 is 8.78 Å². The summed E-state index contributed by atoms with van der Waals surface area (Å²) in [6, 6.07) is 10.0. The molecule has 0 aliphatic rings. The van der Waals surface area contributed by atoms with Crippen LogP contribution >= 0.6 is 22.6 Å². The smallest absolute Gasteiger partial charge is 0.174 e. The van der Waals surface area contributed by atoms with Gasteiger partial charge in [0.05, 0.1) is 0 Å². The van der Waals surface area contributed by atoms with E-state index in [-0.39, 0.29) is 0 Å². The molecular weight excluding hydrogens is 309 g/mol. The molecule has 82 valence electrons. The summed E-state index contributed by atoms with van der Waals surface area (Å²) in [5.41, 5.74) is 1.24. The molecule has 1 aromatic rings. The summed E-state index contributed by atoms with van der Waals surface area (Å²) in [4.78, 5) is 0. The Hall–Kier alpha value is -0.450. The molecule has 1 rings (SSSR count). The zero-order chi connectivity index (χ0) is 11.1. The number of hydrogen-bond donors (Lipinski definition) is 0. The number of alkyl halides is 1. The normalized spacial score (nSPS) is 12.2. The number of halogens is 3. The minimum Gasteiger partial charge on any atom is -0.174 e. The van der Waals surface area contributed by atoms with Gasteiger partial charge in [-0.25, -0.2) is 0 Å². The van der Waals surface area contributed by atoms with Crippen LogP contribution in [-0.2, 0) is 0 Å². The molecular formula is C12H13F2I. The van der Waals surface area contributed by atoms with Gasteiger partial charge >= 0.3 is 0 Å². The molecule has 0 saturated carbocycles. The van der Waals surface area contributed by atoms with Crippen LogP contribution in [0.25, 0.3) is 0 Å². The highest BCUT2D eigenvalue weighted by atomic mass is 127. The Bertz CT molecular complexity index is 305. The van der Waals surface area contributed by atoms with Crippen LogP contribution in [0.3, 0.4) is 0 Å². The van der Waals surface area contributed by atoms with E-state index in [0.717, 1.165) is 16.9 Å². The van der Waals surface area contributed by atoms with Crippen molar-refractivity contribution in [3.8, 4) is 0 Å². The lowest BCUT2D eigenvalue weighted by molar-refractivity contribution is 0.416. The van der Waals surface area contributed by atoms with Crippen LogP contribution in [-0.4, -0.2) is 4.43 Å². The molecule has 3 heteroatoms. The monoisotopic (exact) mass is 322 g/mol. The molecule has 0 radical (unpaired) electrons. The summed E-state index contributed by atoms with van der Waals surface area (Å²) in [5, 5.41) is 0. The third-order valence-electron chi connectivity index (χ3n) is 2.27. The Kier molecular flexibility index (Phi) is 5.83. The molecule has 0 saturated heterocycles. The fraction of sp³-hybridized carbons (Fsp3) is 0.333. The predicted molar refractivity (Wildman–Crippen MR) is 67.6 cm³/mol. The molecule has 0 heterocycles. The molecule has 1 atom stereocenters. The van der Waals surface area contributed by atoms with Gasteiger partial charge in [0.15, 0.2) is 0 Å².